The third-order valence-electron chi connectivity index (χ3n) is 5.90. The van der Waals surface area contributed by atoms with Crippen LogP contribution < -0.4 is 15.7 Å². The predicted molar refractivity (Wildman–Crippen MR) is 125 cm³/mol. The van der Waals surface area contributed by atoms with Gasteiger partial charge in [0.25, 0.3) is 5.91 Å². The van der Waals surface area contributed by atoms with Crippen LogP contribution in [-0.2, 0) is 16.0 Å². The van der Waals surface area contributed by atoms with Crippen LogP contribution in [-0.4, -0.2) is 39.2 Å². The summed E-state index contributed by atoms with van der Waals surface area (Å²) < 4.78 is 11.0. The number of rotatable bonds is 7. The van der Waals surface area contributed by atoms with Gasteiger partial charge in [-0.3, -0.25) is 4.79 Å². The third-order valence-corrected chi connectivity index (χ3v) is 5.90. The molecule has 2 aromatic heterocycles. The van der Waals surface area contributed by atoms with Crippen molar-refractivity contribution in [3.63, 3.8) is 0 Å². The first-order valence-electron chi connectivity index (χ1n) is 10.7. The fourth-order valence-corrected chi connectivity index (χ4v) is 3.80. The number of benzene rings is 2. The Labute approximate surface area is 194 Å². The van der Waals surface area contributed by atoms with Gasteiger partial charge in [-0.25, -0.2) is 9.59 Å². The molecule has 4 rings (SSSR count). The van der Waals surface area contributed by atoms with Crippen LogP contribution in [0.25, 0.3) is 21.9 Å². The number of nitrogens with one attached hydrogen (secondary N) is 2. The third kappa shape index (κ3) is 4.45. The van der Waals surface area contributed by atoms with Gasteiger partial charge in [0.1, 0.15) is 23.1 Å². The van der Waals surface area contributed by atoms with Gasteiger partial charge < -0.3 is 29.7 Å². The van der Waals surface area contributed by atoms with E-state index in [9.17, 15) is 24.6 Å². The predicted octanol–water partition coefficient (Wildman–Crippen LogP) is 3.18. The summed E-state index contributed by atoms with van der Waals surface area (Å²) in [5.74, 6) is -1.45. The minimum absolute atomic E-state index is 0.0109. The van der Waals surface area contributed by atoms with Crippen LogP contribution in [0.2, 0.25) is 0 Å². The van der Waals surface area contributed by atoms with Gasteiger partial charge in [0.05, 0.1) is 0 Å². The molecule has 0 spiro atoms. The number of carbonyl (C=O) groups is 2. The topological polar surface area (TPSA) is 142 Å². The normalized spacial score (nSPS) is 13.0. The van der Waals surface area contributed by atoms with Crippen molar-refractivity contribution in [2.45, 2.75) is 39.3 Å². The average molecular weight is 464 g/mol. The number of amides is 1. The van der Waals surface area contributed by atoms with Crippen LogP contribution in [0, 0.1) is 13.8 Å². The number of aryl methyl sites for hydroxylation is 1. The second kappa shape index (κ2) is 8.93. The maximum absolute atomic E-state index is 12.7. The molecule has 0 aliphatic heterocycles. The molecule has 34 heavy (non-hydrogen) atoms. The molecule has 0 unspecified atom stereocenters. The molecule has 0 radical (unpaired) electrons. The molecule has 9 nitrogen and oxygen atoms in total. The largest absolute Gasteiger partial charge is 0.508 e. The molecule has 9 heteroatoms. The average Bonchev–Trinajstić information content (AvgIpc) is 3.18. The molecular formula is C25H24N2O7. The SMILES string of the molecule is Cc1c(C)c2ccc(O[C@@H](C)C(=O)N[C@@H](Cc3c[nH]c4ccc(O)cc34)C(=O)O)cc2oc1=O. The summed E-state index contributed by atoms with van der Waals surface area (Å²) in [6, 6.07) is 8.47. The van der Waals surface area contributed by atoms with Crippen LogP contribution in [0.3, 0.4) is 0 Å². The second-order valence-electron chi connectivity index (χ2n) is 8.20. The van der Waals surface area contributed by atoms with Crippen LogP contribution in [0.1, 0.15) is 23.6 Å². The first kappa shape index (κ1) is 22.9. The Hall–Kier alpha value is -4.27. The number of aromatic amines is 1. The monoisotopic (exact) mass is 464 g/mol. The number of hydrogen-bond donors (Lipinski definition) is 4. The van der Waals surface area contributed by atoms with E-state index in [-0.39, 0.29) is 12.2 Å². The second-order valence-corrected chi connectivity index (χ2v) is 8.20. The lowest BCUT2D eigenvalue weighted by atomic mass is 10.0. The van der Waals surface area contributed by atoms with Crippen LogP contribution in [0.15, 0.2) is 51.8 Å². The molecule has 4 N–H and O–H groups in total. The highest BCUT2D eigenvalue weighted by atomic mass is 16.5. The Morgan fingerprint density at radius 1 is 1.12 bits per heavy atom. The Morgan fingerprint density at radius 2 is 1.88 bits per heavy atom. The Kier molecular flexibility index (Phi) is 6.02. The molecule has 2 aromatic carbocycles. The van der Waals surface area contributed by atoms with Crippen LogP contribution >= 0.6 is 0 Å². The van der Waals surface area contributed by atoms with E-state index in [4.69, 9.17) is 9.15 Å². The lowest BCUT2D eigenvalue weighted by Gasteiger charge is -2.19. The van der Waals surface area contributed by atoms with Crippen molar-refractivity contribution in [1.29, 1.82) is 0 Å². The zero-order chi connectivity index (χ0) is 24.6. The number of aromatic hydroxyl groups is 1. The van der Waals surface area contributed by atoms with Crippen molar-refractivity contribution in [2.75, 3.05) is 0 Å². The number of carboxylic acids is 1. The highest BCUT2D eigenvalue weighted by molar-refractivity contribution is 5.89. The Morgan fingerprint density at radius 3 is 2.62 bits per heavy atom. The molecule has 0 saturated carbocycles. The van der Waals surface area contributed by atoms with E-state index in [2.05, 4.69) is 10.3 Å². The number of aliphatic carboxylic acids is 1. The molecule has 4 aromatic rings. The van der Waals surface area contributed by atoms with Gasteiger partial charge in [-0.05, 0) is 62.2 Å². The lowest BCUT2D eigenvalue weighted by molar-refractivity contribution is -0.142. The lowest BCUT2D eigenvalue weighted by Crippen LogP contribution is -2.47. The van der Waals surface area contributed by atoms with Crippen molar-refractivity contribution in [3.8, 4) is 11.5 Å². The zero-order valence-electron chi connectivity index (χ0n) is 18.8. The number of ether oxygens (including phenoxy) is 1. The van der Waals surface area contributed by atoms with Gasteiger partial charge in [-0.1, -0.05) is 0 Å². The van der Waals surface area contributed by atoms with E-state index >= 15 is 0 Å². The smallest absolute Gasteiger partial charge is 0.339 e. The van der Waals surface area contributed by atoms with Crippen molar-refractivity contribution >= 4 is 33.7 Å². The van der Waals surface area contributed by atoms with Crippen LogP contribution in [0.5, 0.6) is 11.5 Å². The van der Waals surface area contributed by atoms with E-state index in [0.717, 1.165) is 16.5 Å². The zero-order valence-corrected chi connectivity index (χ0v) is 18.8. The van der Waals surface area contributed by atoms with Gasteiger partial charge in [0, 0.05) is 40.5 Å². The molecule has 0 fully saturated rings. The summed E-state index contributed by atoms with van der Waals surface area (Å²) in [7, 11) is 0. The number of carbonyl (C=O) groups excluding carboxylic acids is 1. The quantitative estimate of drug-likeness (QED) is 0.308. The molecule has 176 valence electrons. The molecular weight excluding hydrogens is 440 g/mol. The van der Waals surface area contributed by atoms with Crippen molar-refractivity contribution in [1.82, 2.24) is 10.3 Å². The van der Waals surface area contributed by atoms with Gasteiger partial charge >= 0.3 is 11.6 Å². The van der Waals surface area contributed by atoms with E-state index in [1.807, 2.05) is 6.92 Å². The maximum atomic E-state index is 12.7. The number of carboxylic acid groups (broad SMARTS) is 1. The Bertz CT molecular complexity index is 1470. The fraction of sp³-hybridized carbons (Fsp3) is 0.240. The van der Waals surface area contributed by atoms with E-state index < -0.39 is 29.6 Å². The summed E-state index contributed by atoms with van der Waals surface area (Å²) in [6.45, 7) is 5.01. The van der Waals surface area contributed by atoms with E-state index in [1.54, 1.807) is 31.3 Å². The van der Waals surface area contributed by atoms with Gasteiger partial charge in [0.15, 0.2) is 6.10 Å². The van der Waals surface area contributed by atoms with Gasteiger partial charge in [0.2, 0.25) is 0 Å². The number of fused-ring (bicyclic) bond motifs is 2. The number of phenols is 1. The first-order chi connectivity index (χ1) is 16.1. The number of hydrogen-bond acceptors (Lipinski definition) is 6. The number of phenolic OH excluding ortho intramolecular Hbond substituents is 1. The molecule has 0 aliphatic carbocycles. The molecule has 2 atom stereocenters. The molecule has 0 saturated heterocycles. The molecule has 0 aliphatic rings. The first-order valence-corrected chi connectivity index (χ1v) is 10.7. The van der Waals surface area contributed by atoms with Gasteiger partial charge in [-0.2, -0.15) is 0 Å². The van der Waals surface area contributed by atoms with Gasteiger partial charge in [-0.15, -0.1) is 0 Å². The number of H-pyrrole nitrogens is 1. The van der Waals surface area contributed by atoms with E-state index in [1.165, 1.54) is 25.1 Å². The molecule has 1 amide bonds. The van der Waals surface area contributed by atoms with Crippen LogP contribution in [0.4, 0.5) is 0 Å². The summed E-state index contributed by atoms with van der Waals surface area (Å²) >= 11 is 0. The highest BCUT2D eigenvalue weighted by Crippen LogP contribution is 2.25. The van der Waals surface area contributed by atoms with Crippen molar-refractivity contribution in [2.24, 2.45) is 0 Å². The minimum atomic E-state index is -1.21. The number of aromatic nitrogens is 1. The summed E-state index contributed by atoms with van der Waals surface area (Å²) in [6.07, 6.45) is 0.653. The summed E-state index contributed by atoms with van der Waals surface area (Å²) in [5.41, 5.74) is 2.61. The molecule has 2 heterocycles. The fourth-order valence-electron chi connectivity index (χ4n) is 3.80. The molecule has 0 bridgehead atoms. The minimum Gasteiger partial charge on any atom is -0.508 e. The summed E-state index contributed by atoms with van der Waals surface area (Å²) in [4.78, 5) is 39.5. The van der Waals surface area contributed by atoms with E-state index in [0.29, 0.717) is 27.8 Å². The standard InChI is InChI=1S/C25H24N2O7/c1-12-13(2)25(32)34-22-10-17(5-6-18(12)22)33-14(3)23(29)27-21(24(30)31)8-15-11-26-20-7-4-16(28)9-19(15)20/h4-7,9-11,14,21,26,28H,8H2,1-3H3,(H,27,29)(H,30,31)/t14-,21-/m0/s1. The van der Waals surface area contributed by atoms with Crippen molar-refractivity contribution < 1.29 is 29.0 Å². The highest BCUT2D eigenvalue weighted by Gasteiger charge is 2.25. The van der Waals surface area contributed by atoms with Crippen molar-refractivity contribution in [3.05, 3.63) is 69.7 Å². The Balaban J connectivity index is 1.49. The maximum Gasteiger partial charge on any atom is 0.339 e. The summed E-state index contributed by atoms with van der Waals surface area (Å²) in [5, 5.41) is 23.3.